The number of hydrogen-bond acceptors (Lipinski definition) is 7. The molecule has 1 saturated heterocycles. The fraction of sp³-hybridized carbons (Fsp3) is 0.696. The van der Waals surface area contributed by atoms with Crippen LogP contribution in [0, 0.1) is 11.8 Å². The molecule has 2 aliphatic rings. The summed E-state index contributed by atoms with van der Waals surface area (Å²) in [4.78, 5) is 36.3. The highest BCUT2D eigenvalue weighted by molar-refractivity contribution is 5.88. The van der Waals surface area contributed by atoms with Gasteiger partial charge in [-0.2, -0.15) is 0 Å². The van der Waals surface area contributed by atoms with Gasteiger partial charge in [-0.25, -0.2) is 4.79 Å². The van der Waals surface area contributed by atoms with Gasteiger partial charge in [-0.15, -0.1) is 0 Å². The number of epoxide rings is 1. The molecule has 0 unspecified atom stereocenters. The Bertz CT molecular complexity index is 710. The Hall–Kier alpha value is -2.15. The van der Waals surface area contributed by atoms with E-state index in [1.165, 1.54) is 14.0 Å². The highest BCUT2D eigenvalue weighted by atomic mass is 16.7. The van der Waals surface area contributed by atoms with Crippen molar-refractivity contribution >= 4 is 17.9 Å². The lowest BCUT2D eigenvalue weighted by atomic mass is 9.83. The number of esters is 3. The third-order valence-corrected chi connectivity index (χ3v) is 6.13. The van der Waals surface area contributed by atoms with Crippen molar-refractivity contribution in [2.75, 3.05) is 13.7 Å². The van der Waals surface area contributed by atoms with Crippen molar-refractivity contribution in [2.24, 2.45) is 11.8 Å². The Morgan fingerprint density at radius 1 is 1.33 bits per heavy atom. The maximum absolute atomic E-state index is 12.3. The number of fused-ring (bicyclic) bond motifs is 1. The predicted molar refractivity (Wildman–Crippen MR) is 110 cm³/mol. The second-order valence-corrected chi connectivity index (χ2v) is 8.35. The molecule has 30 heavy (non-hydrogen) atoms. The van der Waals surface area contributed by atoms with Gasteiger partial charge in [-0.3, -0.25) is 9.59 Å². The number of ether oxygens (including phenoxy) is 4. The van der Waals surface area contributed by atoms with Gasteiger partial charge in [0.1, 0.15) is 12.7 Å². The summed E-state index contributed by atoms with van der Waals surface area (Å²) in [5.74, 6) is -1.32. The predicted octanol–water partition coefficient (Wildman–Crippen LogP) is 3.51. The fourth-order valence-electron chi connectivity index (χ4n) is 3.82. The van der Waals surface area contributed by atoms with E-state index < -0.39 is 17.7 Å². The number of carbonyl (C=O) groups excluding carboxylic acids is 3. The van der Waals surface area contributed by atoms with E-state index >= 15 is 0 Å². The standard InChI is InChI=1S/C23H34O7/c1-7-15(4)21(25)28-13-23-19(30-23)11-10-17(22(26)27-6)8-9-18(14(2)3)12-20(23)29-16(5)24/h8,15,18-20H,2,7,9-13H2,1,3-6H3/b17-8-/t15-,18+,19-,20+,23+/m1/s1. The van der Waals surface area contributed by atoms with Gasteiger partial charge in [0.15, 0.2) is 5.60 Å². The van der Waals surface area contributed by atoms with E-state index in [1.807, 2.05) is 26.8 Å². The molecule has 0 saturated carbocycles. The van der Waals surface area contributed by atoms with E-state index in [9.17, 15) is 14.4 Å². The van der Waals surface area contributed by atoms with Crippen molar-refractivity contribution in [3.63, 3.8) is 0 Å². The average molecular weight is 423 g/mol. The van der Waals surface area contributed by atoms with Crippen molar-refractivity contribution < 1.29 is 33.3 Å². The highest BCUT2D eigenvalue weighted by Gasteiger charge is 2.64. The Balaban J connectivity index is 2.31. The molecule has 1 aliphatic heterocycles. The quantitative estimate of drug-likeness (QED) is 0.268. The van der Waals surface area contributed by atoms with Gasteiger partial charge in [0.25, 0.3) is 0 Å². The molecule has 0 aromatic heterocycles. The van der Waals surface area contributed by atoms with Crippen LogP contribution in [0.2, 0.25) is 0 Å². The van der Waals surface area contributed by atoms with Crippen LogP contribution in [0.1, 0.15) is 59.8 Å². The summed E-state index contributed by atoms with van der Waals surface area (Å²) >= 11 is 0. The van der Waals surface area contributed by atoms with Gasteiger partial charge in [0.05, 0.1) is 19.1 Å². The number of methoxy groups -OCH3 is 1. The lowest BCUT2D eigenvalue weighted by Crippen LogP contribution is -2.42. The van der Waals surface area contributed by atoms with Crippen molar-refractivity contribution in [1.82, 2.24) is 0 Å². The largest absolute Gasteiger partial charge is 0.466 e. The van der Waals surface area contributed by atoms with Crippen LogP contribution in [0.25, 0.3) is 0 Å². The van der Waals surface area contributed by atoms with Crippen molar-refractivity contribution in [3.8, 4) is 0 Å². The number of allylic oxidation sites excluding steroid dienone is 2. The van der Waals surface area contributed by atoms with Gasteiger partial charge < -0.3 is 18.9 Å². The third-order valence-electron chi connectivity index (χ3n) is 6.13. The normalized spacial score (nSPS) is 31.2. The van der Waals surface area contributed by atoms with E-state index in [0.717, 1.165) is 5.57 Å². The number of carbonyl (C=O) groups is 3. The van der Waals surface area contributed by atoms with Crippen molar-refractivity contribution in [1.29, 1.82) is 0 Å². The minimum Gasteiger partial charge on any atom is -0.466 e. The van der Waals surface area contributed by atoms with Crippen LogP contribution in [0.4, 0.5) is 0 Å². The first-order valence-electron chi connectivity index (χ1n) is 10.6. The van der Waals surface area contributed by atoms with E-state index in [1.54, 1.807) is 0 Å². The molecule has 0 spiro atoms. The molecule has 1 heterocycles. The van der Waals surface area contributed by atoms with E-state index in [0.29, 0.717) is 37.7 Å². The summed E-state index contributed by atoms with van der Waals surface area (Å²) in [7, 11) is 1.36. The number of rotatable bonds is 7. The molecule has 0 bridgehead atoms. The second kappa shape index (κ2) is 10.2. The summed E-state index contributed by atoms with van der Waals surface area (Å²) < 4.78 is 22.2. The third kappa shape index (κ3) is 5.72. The molecule has 1 aliphatic carbocycles. The molecule has 168 valence electrons. The van der Waals surface area contributed by atoms with Crippen LogP contribution in [0.15, 0.2) is 23.8 Å². The zero-order valence-electron chi connectivity index (χ0n) is 18.7. The molecule has 0 amide bonds. The summed E-state index contributed by atoms with van der Waals surface area (Å²) in [6, 6.07) is 0. The van der Waals surface area contributed by atoms with Crippen molar-refractivity contribution in [3.05, 3.63) is 23.8 Å². The lowest BCUT2D eigenvalue weighted by Gasteiger charge is -2.29. The molecule has 0 N–H and O–H groups in total. The molecular weight excluding hydrogens is 388 g/mol. The minimum absolute atomic E-state index is 0.0129. The van der Waals surface area contributed by atoms with Crippen LogP contribution in [0.3, 0.4) is 0 Å². The van der Waals surface area contributed by atoms with Gasteiger partial charge in [0, 0.05) is 12.5 Å². The molecular formula is C23H34O7. The molecule has 7 nitrogen and oxygen atoms in total. The monoisotopic (exact) mass is 422 g/mol. The molecule has 2 rings (SSSR count). The molecule has 7 heteroatoms. The summed E-state index contributed by atoms with van der Waals surface area (Å²) in [5.41, 5.74) is 0.606. The maximum Gasteiger partial charge on any atom is 0.333 e. The van der Waals surface area contributed by atoms with Gasteiger partial charge in [0.2, 0.25) is 0 Å². The first kappa shape index (κ1) is 24.1. The minimum atomic E-state index is -0.902. The molecule has 0 radical (unpaired) electrons. The topological polar surface area (TPSA) is 91.4 Å². The Morgan fingerprint density at radius 3 is 2.60 bits per heavy atom. The molecule has 0 aromatic rings. The van der Waals surface area contributed by atoms with E-state index in [-0.39, 0.29) is 36.5 Å². The summed E-state index contributed by atoms with van der Waals surface area (Å²) in [6.07, 6.45) is 3.75. The fourth-order valence-corrected chi connectivity index (χ4v) is 3.82. The van der Waals surface area contributed by atoms with Crippen LogP contribution >= 0.6 is 0 Å². The van der Waals surface area contributed by atoms with Crippen LogP contribution in [-0.4, -0.2) is 49.4 Å². The van der Waals surface area contributed by atoms with Crippen LogP contribution < -0.4 is 0 Å². The second-order valence-electron chi connectivity index (χ2n) is 8.35. The van der Waals surface area contributed by atoms with E-state index in [4.69, 9.17) is 18.9 Å². The highest BCUT2D eigenvalue weighted by Crippen LogP contribution is 2.48. The zero-order chi connectivity index (χ0) is 22.5. The van der Waals surface area contributed by atoms with Crippen molar-refractivity contribution in [2.45, 2.75) is 77.6 Å². The zero-order valence-corrected chi connectivity index (χ0v) is 18.7. The van der Waals surface area contributed by atoms with Crippen LogP contribution in [0.5, 0.6) is 0 Å². The Morgan fingerprint density at radius 2 is 2.03 bits per heavy atom. The summed E-state index contributed by atoms with van der Waals surface area (Å²) in [5, 5.41) is 0. The Kier molecular flexibility index (Phi) is 8.24. The van der Waals surface area contributed by atoms with E-state index in [2.05, 4.69) is 6.58 Å². The first-order chi connectivity index (χ1) is 14.1. The van der Waals surface area contributed by atoms with Gasteiger partial charge >= 0.3 is 17.9 Å². The Labute approximate surface area is 178 Å². The molecule has 5 atom stereocenters. The van der Waals surface area contributed by atoms with Crippen LogP contribution in [-0.2, 0) is 33.3 Å². The van der Waals surface area contributed by atoms with Gasteiger partial charge in [-0.1, -0.05) is 32.1 Å². The SMILES string of the molecule is C=C(C)[C@H]1C/C=C(\C(=O)OC)CC[C@H]2O[C@]2(COC(=O)[C@H](C)CC)[C@@H](OC(C)=O)C1. The maximum atomic E-state index is 12.3. The average Bonchev–Trinajstić information content (AvgIpc) is 3.42. The molecule has 1 fully saturated rings. The molecule has 0 aromatic carbocycles. The smallest absolute Gasteiger partial charge is 0.333 e. The summed E-state index contributed by atoms with van der Waals surface area (Å²) in [6.45, 7) is 11.1. The lowest BCUT2D eigenvalue weighted by molar-refractivity contribution is -0.158. The first-order valence-corrected chi connectivity index (χ1v) is 10.6. The van der Waals surface area contributed by atoms with Gasteiger partial charge in [-0.05, 0) is 44.9 Å². The number of hydrogen-bond donors (Lipinski definition) is 0.